The van der Waals surface area contributed by atoms with Crippen LogP contribution in [-0.4, -0.2) is 47.5 Å². The van der Waals surface area contributed by atoms with E-state index in [1.54, 1.807) is 4.90 Å². The number of rotatable bonds is 4. The summed E-state index contributed by atoms with van der Waals surface area (Å²) in [5.41, 5.74) is -0.469. The van der Waals surface area contributed by atoms with Gasteiger partial charge in [-0.25, -0.2) is 4.79 Å². The Morgan fingerprint density at radius 2 is 1.90 bits per heavy atom. The predicted molar refractivity (Wildman–Crippen MR) is 78.9 cm³/mol. The summed E-state index contributed by atoms with van der Waals surface area (Å²) in [4.78, 5) is 25.2. The zero-order chi connectivity index (χ0) is 15.2. The van der Waals surface area contributed by atoms with Crippen LogP contribution in [-0.2, 0) is 9.53 Å². The Morgan fingerprint density at radius 3 is 2.40 bits per heavy atom. The number of piperidine rings is 1. The Morgan fingerprint density at radius 1 is 1.30 bits per heavy atom. The first kappa shape index (κ1) is 17.1. The highest BCUT2D eigenvalue weighted by Gasteiger charge is 2.27. The number of hydrogen-bond acceptors (Lipinski definition) is 3. The van der Waals surface area contributed by atoms with Gasteiger partial charge in [-0.1, -0.05) is 0 Å². The first-order valence-electron chi connectivity index (χ1n) is 7.15. The van der Waals surface area contributed by atoms with Gasteiger partial charge in [0, 0.05) is 31.4 Å². The van der Waals surface area contributed by atoms with Crippen LogP contribution in [0.5, 0.6) is 0 Å². The van der Waals surface area contributed by atoms with Crippen molar-refractivity contribution in [3.05, 3.63) is 0 Å². The molecule has 6 heteroatoms. The van der Waals surface area contributed by atoms with Gasteiger partial charge >= 0.3 is 6.09 Å². The molecule has 0 unspecified atom stereocenters. The number of likely N-dealkylation sites (tertiary alicyclic amines) is 1. The van der Waals surface area contributed by atoms with Gasteiger partial charge in [-0.2, -0.15) is 0 Å². The van der Waals surface area contributed by atoms with Crippen molar-refractivity contribution < 1.29 is 14.3 Å². The second-order valence-corrected chi connectivity index (χ2v) is 6.48. The summed E-state index contributed by atoms with van der Waals surface area (Å²) in [5, 5.41) is 2.99. The maximum Gasteiger partial charge on any atom is 0.410 e. The van der Waals surface area contributed by atoms with Crippen molar-refractivity contribution >= 4 is 23.6 Å². The largest absolute Gasteiger partial charge is 0.444 e. The highest BCUT2D eigenvalue weighted by Crippen LogP contribution is 2.15. The maximum atomic E-state index is 11.9. The van der Waals surface area contributed by atoms with Gasteiger partial charge < -0.3 is 15.0 Å². The number of carbonyl (C=O) groups excluding carboxylic acids is 2. The minimum atomic E-state index is -0.469. The lowest BCUT2D eigenvalue weighted by Gasteiger charge is -2.33. The number of halogens is 1. The molecule has 1 aliphatic rings. The number of nitrogens with one attached hydrogen (secondary N) is 1. The third-order valence-electron chi connectivity index (χ3n) is 3.05. The second-order valence-electron chi connectivity index (χ2n) is 6.10. The fourth-order valence-corrected chi connectivity index (χ4v) is 2.19. The van der Waals surface area contributed by atoms with Crippen molar-refractivity contribution in [1.82, 2.24) is 10.2 Å². The molecule has 0 bridgehead atoms. The minimum Gasteiger partial charge on any atom is -0.444 e. The molecule has 1 rings (SSSR count). The average Bonchev–Trinajstić information content (AvgIpc) is 2.35. The average molecular weight is 305 g/mol. The van der Waals surface area contributed by atoms with Gasteiger partial charge in [0.05, 0.1) is 0 Å². The zero-order valence-corrected chi connectivity index (χ0v) is 13.3. The molecule has 0 aromatic carbocycles. The van der Waals surface area contributed by atoms with E-state index in [0.29, 0.717) is 31.8 Å². The number of ether oxygens (including phenoxy) is 1. The highest BCUT2D eigenvalue weighted by atomic mass is 35.5. The molecule has 0 aromatic heterocycles. The normalized spacial score (nSPS) is 16.9. The summed E-state index contributed by atoms with van der Waals surface area (Å²) in [6, 6.07) is 0.150. The van der Waals surface area contributed by atoms with Gasteiger partial charge in [0.25, 0.3) is 0 Å². The Hall–Kier alpha value is -0.970. The van der Waals surface area contributed by atoms with Gasteiger partial charge in [-0.3, -0.25) is 4.79 Å². The van der Waals surface area contributed by atoms with E-state index >= 15 is 0 Å². The molecular weight excluding hydrogens is 280 g/mol. The zero-order valence-electron chi connectivity index (χ0n) is 12.6. The van der Waals surface area contributed by atoms with Crippen molar-refractivity contribution in [2.24, 2.45) is 0 Å². The van der Waals surface area contributed by atoms with Crippen LogP contribution in [0.2, 0.25) is 0 Å². The molecule has 1 fully saturated rings. The SMILES string of the molecule is CC(C)(C)OC(=O)N1CCC(NC(=O)CCCCl)CC1. The molecule has 0 spiro atoms. The fraction of sp³-hybridized carbons (Fsp3) is 0.857. The van der Waals surface area contributed by atoms with Crippen molar-refractivity contribution in [3.63, 3.8) is 0 Å². The Balaban J connectivity index is 2.29. The number of carbonyl (C=O) groups is 2. The van der Waals surface area contributed by atoms with Gasteiger partial charge in [-0.15, -0.1) is 11.6 Å². The topological polar surface area (TPSA) is 58.6 Å². The highest BCUT2D eigenvalue weighted by molar-refractivity contribution is 6.17. The van der Waals surface area contributed by atoms with Crippen molar-refractivity contribution in [2.45, 2.75) is 58.1 Å². The monoisotopic (exact) mass is 304 g/mol. The number of nitrogens with zero attached hydrogens (tertiary/aromatic N) is 1. The van der Waals surface area contributed by atoms with Gasteiger partial charge in [0.15, 0.2) is 0 Å². The van der Waals surface area contributed by atoms with Gasteiger partial charge in [-0.05, 0) is 40.0 Å². The first-order chi connectivity index (χ1) is 9.31. The van der Waals surface area contributed by atoms with E-state index in [2.05, 4.69) is 5.32 Å². The maximum absolute atomic E-state index is 11.9. The standard InChI is InChI=1S/C14H25ClN2O3/c1-14(2,3)20-13(19)17-9-6-11(7-10-17)16-12(18)5-4-8-15/h11H,4-10H2,1-3H3,(H,16,18). The van der Waals surface area contributed by atoms with Crippen LogP contribution in [0, 0.1) is 0 Å². The van der Waals surface area contributed by atoms with E-state index in [4.69, 9.17) is 16.3 Å². The predicted octanol–water partition coefficient (Wildman–Crippen LogP) is 2.52. The van der Waals surface area contributed by atoms with E-state index in [0.717, 1.165) is 12.8 Å². The van der Waals surface area contributed by atoms with Crippen LogP contribution in [0.4, 0.5) is 4.79 Å². The molecular formula is C14H25ClN2O3. The summed E-state index contributed by atoms with van der Waals surface area (Å²) in [7, 11) is 0. The van der Waals surface area contributed by atoms with Crippen LogP contribution in [0.15, 0.2) is 0 Å². The fourth-order valence-electron chi connectivity index (χ4n) is 2.06. The van der Waals surface area contributed by atoms with Gasteiger partial charge in [0.1, 0.15) is 5.60 Å². The lowest BCUT2D eigenvalue weighted by atomic mass is 10.1. The minimum absolute atomic E-state index is 0.0429. The van der Waals surface area contributed by atoms with Crippen LogP contribution in [0.1, 0.15) is 46.5 Å². The number of alkyl halides is 1. The van der Waals surface area contributed by atoms with Crippen LogP contribution >= 0.6 is 11.6 Å². The molecule has 0 radical (unpaired) electrons. The van der Waals surface area contributed by atoms with E-state index < -0.39 is 5.60 Å². The summed E-state index contributed by atoms with van der Waals surface area (Å²) in [6.07, 6.45) is 2.43. The molecule has 116 valence electrons. The molecule has 0 aliphatic carbocycles. The van der Waals surface area contributed by atoms with Crippen LogP contribution < -0.4 is 5.32 Å². The molecule has 0 aromatic rings. The van der Waals surface area contributed by atoms with Crippen LogP contribution in [0.25, 0.3) is 0 Å². The van der Waals surface area contributed by atoms with E-state index in [9.17, 15) is 9.59 Å². The quantitative estimate of drug-likeness (QED) is 0.812. The van der Waals surface area contributed by atoms with E-state index in [-0.39, 0.29) is 18.0 Å². The molecule has 1 N–H and O–H groups in total. The van der Waals surface area contributed by atoms with E-state index in [1.807, 2.05) is 20.8 Å². The molecule has 0 atom stereocenters. The molecule has 20 heavy (non-hydrogen) atoms. The molecule has 5 nitrogen and oxygen atoms in total. The lowest BCUT2D eigenvalue weighted by Crippen LogP contribution is -2.47. The Labute approximate surface area is 126 Å². The molecule has 1 saturated heterocycles. The summed E-state index contributed by atoms with van der Waals surface area (Å²) in [5.74, 6) is 0.547. The third kappa shape index (κ3) is 6.46. The van der Waals surface area contributed by atoms with E-state index in [1.165, 1.54) is 0 Å². The summed E-state index contributed by atoms with van der Waals surface area (Å²) < 4.78 is 5.33. The number of hydrogen-bond donors (Lipinski definition) is 1. The molecule has 1 heterocycles. The third-order valence-corrected chi connectivity index (χ3v) is 3.32. The van der Waals surface area contributed by atoms with Crippen molar-refractivity contribution in [2.75, 3.05) is 19.0 Å². The Bertz CT molecular complexity index is 334. The summed E-state index contributed by atoms with van der Waals surface area (Å²) in [6.45, 7) is 6.81. The smallest absolute Gasteiger partial charge is 0.410 e. The summed E-state index contributed by atoms with van der Waals surface area (Å²) >= 11 is 5.56. The first-order valence-corrected chi connectivity index (χ1v) is 7.68. The van der Waals surface area contributed by atoms with Crippen molar-refractivity contribution in [1.29, 1.82) is 0 Å². The Kier molecular flexibility index (Phi) is 6.59. The van der Waals surface area contributed by atoms with Crippen LogP contribution in [0.3, 0.4) is 0 Å². The molecule has 0 saturated carbocycles. The number of amides is 2. The molecule has 1 aliphatic heterocycles. The van der Waals surface area contributed by atoms with Crippen molar-refractivity contribution in [3.8, 4) is 0 Å². The van der Waals surface area contributed by atoms with Gasteiger partial charge in [0.2, 0.25) is 5.91 Å². The lowest BCUT2D eigenvalue weighted by molar-refractivity contribution is -0.122. The molecule has 2 amide bonds. The second kappa shape index (κ2) is 7.72.